The molecule has 7 heteroatoms. The van der Waals surface area contributed by atoms with Crippen LogP contribution < -0.4 is 10.1 Å². The Hall–Kier alpha value is -2.85. The highest BCUT2D eigenvalue weighted by molar-refractivity contribution is 5.97. The number of ketones is 1. The number of carbonyl (C=O) groups is 1. The SMILES string of the molecule is CCCCC(NCC(=O)c1ccc(C#N)cc1)c1ccc(OC(F)(F)F)cc1. The molecule has 0 radical (unpaired) electrons. The molecule has 1 atom stereocenters. The highest BCUT2D eigenvalue weighted by Crippen LogP contribution is 2.26. The zero-order valence-corrected chi connectivity index (χ0v) is 15.4. The van der Waals surface area contributed by atoms with Crippen molar-refractivity contribution in [1.29, 1.82) is 5.26 Å². The van der Waals surface area contributed by atoms with Crippen molar-refractivity contribution >= 4 is 5.78 Å². The summed E-state index contributed by atoms with van der Waals surface area (Å²) in [5.74, 6) is -0.401. The molecule has 0 bridgehead atoms. The largest absolute Gasteiger partial charge is 0.573 e. The molecule has 0 aliphatic heterocycles. The first-order valence-electron chi connectivity index (χ1n) is 8.95. The van der Waals surface area contributed by atoms with E-state index in [0.29, 0.717) is 11.1 Å². The van der Waals surface area contributed by atoms with Crippen molar-refractivity contribution in [2.45, 2.75) is 38.6 Å². The van der Waals surface area contributed by atoms with Crippen molar-refractivity contribution in [3.05, 3.63) is 65.2 Å². The van der Waals surface area contributed by atoms with Crippen LogP contribution in [0.15, 0.2) is 48.5 Å². The molecule has 1 unspecified atom stereocenters. The smallest absolute Gasteiger partial charge is 0.406 e. The van der Waals surface area contributed by atoms with Gasteiger partial charge in [-0.1, -0.05) is 44.0 Å². The quantitative estimate of drug-likeness (QED) is 0.601. The normalized spacial score (nSPS) is 12.2. The van der Waals surface area contributed by atoms with Gasteiger partial charge in [-0.3, -0.25) is 4.79 Å². The highest BCUT2D eigenvalue weighted by atomic mass is 19.4. The molecule has 0 heterocycles. The molecular formula is C21H21F3N2O2. The maximum absolute atomic E-state index is 12.4. The highest BCUT2D eigenvalue weighted by Gasteiger charge is 2.31. The van der Waals surface area contributed by atoms with Gasteiger partial charge >= 0.3 is 6.36 Å². The minimum absolute atomic E-state index is 0.0844. The number of benzene rings is 2. The van der Waals surface area contributed by atoms with Crippen LogP contribution in [0.25, 0.3) is 0 Å². The van der Waals surface area contributed by atoms with E-state index >= 15 is 0 Å². The molecule has 28 heavy (non-hydrogen) atoms. The zero-order chi connectivity index (χ0) is 20.6. The first-order valence-corrected chi connectivity index (χ1v) is 8.95. The molecule has 0 spiro atoms. The minimum atomic E-state index is -4.73. The Morgan fingerprint density at radius 3 is 2.32 bits per heavy atom. The topological polar surface area (TPSA) is 62.1 Å². The summed E-state index contributed by atoms with van der Waals surface area (Å²) in [7, 11) is 0. The third-order valence-electron chi connectivity index (χ3n) is 4.21. The maximum atomic E-state index is 12.4. The number of Topliss-reactive ketones (excluding diaryl/α,β-unsaturated/α-hetero) is 1. The molecule has 2 aromatic rings. The standard InChI is InChI=1S/C21H21F3N2O2/c1-2-3-4-19(16-9-11-18(12-10-16)28-21(22,23)24)26-14-20(27)17-7-5-15(13-25)6-8-17/h5-12,19,26H,2-4,14H2,1H3. The van der Waals surface area contributed by atoms with Gasteiger partial charge in [-0.15, -0.1) is 13.2 Å². The van der Waals surface area contributed by atoms with Crippen LogP contribution in [0.5, 0.6) is 5.75 Å². The van der Waals surface area contributed by atoms with Gasteiger partial charge in [-0.25, -0.2) is 0 Å². The van der Waals surface area contributed by atoms with E-state index in [1.165, 1.54) is 12.1 Å². The molecule has 148 valence electrons. The van der Waals surface area contributed by atoms with Crippen molar-refractivity contribution in [2.24, 2.45) is 0 Å². The Labute approximate surface area is 161 Å². The van der Waals surface area contributed by atoms with Crippen LogP contribution in [0.1, 0.15) is 53.7 Å². The summed E-state index contributed by atoms with van der Waals surface area (Å²) in [6.45, 7) is 2.13. The van der Waals surface area contributed by atoms with E-state index in [2.05, 4.69) is 10.1 Å². The zero-order valence-electron chi connectivity index (χ0n) is 15.4. The molecular weight excluding hydrogens is 369 g/mol. The lowest BCUT2D eigenvalue weighted by Crippen LogP contribution is -2.28. The minimum Gasteiger partial charge on any atom is -0.406 e. The summed E-state index contributed by atoms with van der Waals surface area (Å²) in [6.07, 6.45) is -2.12. The van der Waals surface area contributed by atoms with Crippen LogP contribution in [0.3, 0.4) is 0 Å². The number of alkyl halides is 3. The first kappa shape index (κ1) is 21.5. The molecule has 4 nitrogen and oxygen atoms in total. The second-order valence-corrected chi connectivity index (χ2v) is 6.30. The molecule has 0 fully saturated rings. The molecule has 2 aromatic carbocycles. The van der Waals surface area contributed by atoms with E-state index in [4.69, 9.17) is 5.26 Å². The first-order chi connectivity index (χ1) is 13.3. The fourth-order valence-corrected chi connectivity index (χ4v) is 2.75. The molecule has 2 rings (SSSR count). The summed E-state index contributed by atoms with van der Waals surface area (Å²) in [5, 5.41) is 12.0. The Morgan fingerprint density at radius 2 is 1.79 bits per heavy atom. The van der Waals surface area contributed by atoms with Gasteiger partial charge in [-0.05, 0) is 36.2 Å². The average molecular weight is 390 g/mol. The number of rotatable bonds is 9. The van der Waals surface area contributed by atoms with Crippen molar-refractivity contribution in [1.82, 2.24) is 5.32 Å². The van der Waals surface area contributed by atoms with Crippen molar-refractivity contribution in [3.8, 4) is 11.8 Å². The van der Waals surface area contributed by atoms with Crippen LogP contribution >= 0.6 is 0 Å². The number of halogens is 3. The van der Waals surface area contributed by atoms with Crippen molar-refractivity contribution in [3.63, 3.8) is 0 Å². The second kappa shape index (κ2) is 9.90. The summed E-state index contributed by atoms with van der Waals surface area (Å²) in [4.78, 5) is 12.4. The number of ether oxygens (including phenoxy) is 1. The fourth-order valence-electron chi connectivity index (χ4n) is 2.75. The lowest BCUT2D eigenvalue weighted by Gasteiger charge is -2.19. The van der Waals surface area contributed by atoms with E-state index in [9.17, 15) is 18.0 Å². The van der Waals surface area contributed by atoms with Gasteiger partial charge in [0.2, 0.25) is 0 Å². The van der Waals surface area contributed by atoms with Crippen LogP contribution in [-0.2, 0) is 0 Å². The van der Waals surface area contributed by atoms with Gasteiger partial charge in [0.1, 0.15) is 5.75 Å². The third-order valence-corrected chi connectivity index (χ3v) is 4.21. The maximum Gasteiger partial charge on any atom is 0.573 e. The molecule has 0 aromatic heterocycles. The molecule has 0 aliphatic carbocycles. The molecule has 1 N–H and O–H groups in total. The summed E-state index contributed by atoms with van der Waals surface area (Å²) in [6, 6.07) is 13.9. The predicted molar refractivity (Wildman–Crippen MR) is 98.9 cm³/mol. The number of carbonyl (C=O) groups excluding carboxylic acids is 1. The predicted octanol–water partition coefficient (Wildman–Crippen LogP) is 5.16. The Bertz CT molecular complexity index is 810. The lowest BCUT2D eigenvalue weighted by molar-refractivity contribution is -0.274. The van der Waals surface area contributed by atoms with Crippen LogP contribution in [0, 0.1) is 11.3 Å². The van der Waals surface area contributed by atoms with Crippen molar-refractivity contribution in [2.75, 3.05) is 6.54 Å². The summed E-state index contributed by atoms with van der Waals surface area (Å²) in [5.41, 5.74) is 1.76. The van der Waals surface area contributed by atoms with Gasteiger partial charge < -0.3 is 10.1 Å². The van der Waals surface area contributed by atoms with E-state index < -0.39 is 6.36 Å². The summed E-state index contributed by atoms with van der Waals surface area (Å²) < 4.78 is 40.8. The van der Waals surface area contributed by atoms with E-state index in [1.54, 1.807) is 36.4 Å². The van der Waals surface area contributed by atoms with Crippen LogP contribution in [0.2, 0.25) is 0 Å². The fraction of sp³-hybridized carbons (Fsp3) is 0.333. The Balaban J connectivity index is 2.04. The molecule has 0 saturated heterocycles. The van der Waals surface area contributed by atoms with E-state index in [0.717, 1.165) is 24.8 Å². The number of hydrogen-bond donors (Lipinski definition) is 1. The molecule has 0 saturated carbocycles. The number of nitrogens with one attached hydrogen (secondary N) is 1. The van der Waals surface area contributed by atoms with Gasteiger partial charge in [0.05, 0.1) is 18.2 Å². The molecule has 0 aliphatic rings. The number of nitriles is 1. The average Bonchev–Trinajstić information content (AvgIpc) is 2.67. The van der Waals surface area contributed by atoms with Gasteiger partial charge in [0.25, 0.3) is 0 Å². The third kappa shape index (κ3) is 6.71. The van der Waals surface area contributed by atoms with Gasteiger partial charge in [-0.2, -0.15) is 5.26 Å². The van der Waals surface area contributed by atoms with E-state index in [1.807, 2.05) is 13.0 Å². The monoisotopic (exact) mass is 390 g/mol. The van der Waals surface area contributed by atoms with Gasteiger partial charge in [0, 0.05) is 11.6 Å². The number of unbranched alkanes of at least 4 members (excludes halogenated alkanes) is 1. The second-order valence-electron chi connectivity index (χ2n) is 6.30. The summed E-state index contributed by atoms with van der Waals surface area (Å²) >= 11 is 0. The van der Waals surface area contributed by atoms with Crippen LogP contribution in [-0.4, -0.2) is 18.7 Å². The van der Waals surface area contributed by atoms with E-state index in [-0.39, 0.29) is 24.1 Å². The molecule has 0 amide bonds. The van der Waals surface area contributed by atoms with Gasteiger partial charge in [0.15, 0.2) is 5.78 Å². The van der Waals surface area contributed by atoms with Crippen molar-refractivity contribution < 1.29 is 22.7 Å². The Morgan fingerprint density at radius 1 is 1.14 bits per heavy atom. The Kier molecular flexibility index (Phi) is 7.59. The number of hydrogen-bond acceptors (Lipinski definition) is 4. The number of nitrogens with zero attached hydrogens (tertiary/aromatic N) is 1. The van der Waals surface area contributed by atoms with Crippen LogP contribution in [0.4, 0.5) is 13.2 Å². The lowest BCUT2D eigenvalue weighted by atomic mass is 10.0.